The van der Waals surface area contributed by atoms with Gasteiger partial charge in [-0.2, -0.15) is 0 Å². The molecule has 2 rings (SSSR count). The van der Waals surface area contributed by atoms with Crippen molar-refractivity contribution in [3.63, 3.8) is 0 Å². The van der Waals surface area contributed by atoms with Crippen molar-refractivity contribution in [3.8, 4) is 0 Å². The first-order valence-electron chi connectivity index (χ1n) is 5.50. The molecule has 2 N–H and O–H groups in total. The molecule has 0 saturated carbocycles. The lowest BCUT2D eigenvalue weighted by Gasteiger charge is -2.27. The van der Waals surface area contributed by atoms with E-state index in [1.165, 1.54) is 23.1 Å². The van der Waals surface area contributed by atoms with Gasteiger partial charge in [-0.3, -0.25) is 0 Å². The molecule has 0 bridgehead atoms. The number of halogens is 1. The molecule has 1 amide bonds. The Hall–Kier alpha value is -1.62. The summed E-state index contributed by atoms with van der Waals surface area (Å²) in [5.74, 6) is -0.366. The molecule has 4 nitrogen and oxygen atoms in total. The van der Waals surface area contributed by atoms with E-state index in [4.69, 9.17) is 5.11 Å². The number of carboxylic acid groups (broad SMARTS) is 1. The lowest BCUT2D eigenvalue weighted by atomic mass is 10.1. The van der Waals surface area contributed by atoms with Crippen molar-refractivity contribution in [1.29, 1.82) is 0 Å². The maximum Gasteiger partial charge on any atom is 0.407 e. The molecule has 0 fully saturated rings. The molecule has 5 heteroatoms. The number of benzene rings is 1. The molecule has 17 heavy (non-hydrogen) atoms. The molecule has 0 spiro atoms. The Kier molecular flexibility index (Phi) is 3.02. The van der Waals surface area contributed by atoms with Gasteiger partial charge in [-0.15, -0.1) is 0 Å². The average Bonchev–Trinajstić information content (AvgIpc) is 2.56. The van der Waals surface area contributed by atoms with Gasteiger partial charge in [0.1, 0.15) is 11.9 Å². The zero-order valence-electron chi connectivity index (χ0n) is 9.43. The van der Waals surface area contributed by atoms with E-state index in [0.717, 1.165) is 0 Å². The average molecular weight is 239 g/mol. The molecular weight excluding hydrogens is 225 g/mol. The zero-order chi connectivity index (χ0) is 12.6. The van der Waals surface area contributed by atoms with Crippen LogP contribution in [0.4, 0.5) is 9.18 Å². The molecule has 0 radical (unpaired) electrons. The minimum Gasteiger partial charge on any atom is -0.465 e. The van der Waals surface area contributed by atoms with Crippen molar-refractivity contribution < 1.29 is 19.4 Å². The number of carbonyl (C=O) groups is 1. The summed E-state index contributed by atoms with van der Waals surface area (Å²) in [4.78, 5) is 12.2. The third-order valence-electron chi connectivity index (χ3n) is 3.20. The minimum atomic E-state index is -1.06. The molecule has 0 aromatic heterocycles. The molecule has 92 valence electrons. The van der Waals surface area contributed by atoms with Crippen LogP contribution >= 0.6 is 0 Å². The largest absolute Gasteiger partial charge is 0.465 e. The van der Waals surface area contributed by atoms with Gasteiger partial charge in [0, 0.05) is 6.54 Å². The van der Waals surface area contributed by atoms with E-state index in [9.17, 15) is 14.3 Å². The second-order valence-electron chi connectivity index (χ2n) is 4.13. The third kappa shape index (κ3) is 1.98. The Labute approximate surface area is 98.3 Å². The van der Waals surface area contributed by atoms with Gasteiger partial charge in [0.2, 0.25) is 0 Å². The van der Waals surface area contributed by atoms with E-state index in [1.807, 2.05) is 0 Å². The number of aliphatic hydroxyl groups is 1. The van der Waals surface area contributed by atoms with Crippen molar-refractivity contribution in [2.24, 2.45) is 0 Å². The van der Waals surface area contributed by atoms with Gasteiger partial charge in [0.25, 0.3) is 0 Å². The fourth-order valence-electron chi connectivity index (χ4n) is 2.38. The lowest BCUT2D eigenvalue weighted by Crippen LogP contribution is -2.41. The fourth-order valence-corrected chi connectivity index (χ4v) is 2.38. The van der Waals surface area contributed by atoms with Crippen molar-refractivity contribution in [2.45, 2.75) is 25.5 Å². The van der Waals surface area contributed by atoms with Gasteiger partial charge >= 0.3 is 6.09 Å². The number of hydrogen-bond acceptors (Lipinski definition) is 2. The quantitative estimate of drug-likeness (QED) is 0.827. The predicted molar refractivity (Wildman–Crippen MR) is 59.3 cm³/mol. The topological polar surface area (TPSA) is 60.8 Å². The number of nitrogens with zero attached hydrogens (tertiary/aromatic N) is 1. The summed E-state index contributed by atoms with van der Waals surface area (Å²) >= 11 is 0. The van der Waals surface area contributed by atoms with E-state index in [-0.39, 0.29) is 5.82 Å². The van der Waals surface area contributed by atoms with Crippen LogP contribution in [-0.2, 0) is 6.42 Å². The summed E-state index contributed by atoms with van der Waals surface area (Å²) in [6, 6.07) is 3.63. The maximum atomic E-state index is 13.0. The van der Waals surface area contributed by atoms with Crippen LogP contribution < -0.4 is 0 Å². The van der Waals surface area contributed by atoms with Gasteiger partial charge in [-0.1, -0.05) is 6.07 Å². The van der Waals surface area contributed by atoms with Crippen LogP contribution in [0.25, 0.3) is 0 Å². The van der Waals surface area contributed by atoms with Crippen molar-refractivity contribution in [2.75, 3.05) is 6.54 Å². The molecule has 0 aliphatic heterocycles. The molecule has 0 heterocycles. The van der Waals surface area contributed by atoms with Gasteiger partial charge in [0.05, 0.1) is 6.04 Å². The third-order valence-corrected chi connectivity index (χ3v) is 3.20. The van der Waals surface area contributed by atoms with Crippen LogP contribution in [0.5, 0.6) is 0 Å². The lowest BCUT2D eigenvalue weighted by molar-refractivity contribution is 0.0601. The highest BCUT2D eigenvalue weighted by Gasteiger charge is 2.36. The number of likely N-dealkylation sites (N-methyl/N-ethyl adjacent to an activating group) is 1. The normalized spacial score (nSPS) is 22.3. The van der Waals surface area contributed by atoms with E-state index in [0.29, 0.717) is 24.1 Å². The molecule has 2 unspecified atom stereocenters. The van der Waals surface area contributed by atoms with Gasteiger partial charge in [-0.25, -0.2) is 9.18 Å². The first-order valence-corrected chi connectivity index (χ1v) is 5.50. The van der Waals surface area contributed by atoms with Gasteiger partial charge in [-0.05, 0) is 36.6 Å². The first-order chi connectivity index (χ1) is 8.04. The van der Waals surface area contributed by atoms with E-state index >= 15 is 0 Å². The highest BCUT2D eigenvalue weighted by atomic mass is 19.1. The van der Waals surface area contributed by atoms with Crippen molar-refractivity contribution >= 4 is 6.09 Å². The van der Waals surface area contributed by atoms with Crippen LogP contribution in [0.15, 0.2) is 18.2 Å². The number of fused-ring (bicyclic) bond motifs is 1. The van der Waals surface area contributed by atoms with Crippen LogP contribution in [0.2, 0.25) is 0 Å². The molecule has 1 aromatic carbocycles. The highest BCUT2D eigenvalue weighted by Crippen LogP contribution is 2.34. The van der Waals surface area contributed by atoms with Crippen LogP contribution in [0.3, 0.4) is 0 Å². The number of rotatable bonds is 2. The second kappa shape index (κ2) is 4.33. The molecule has 1 aliphatic carbocycles. The molecule has 1 aliphatic rings. The van der Waals surface area contributed by atoms with Gasteiger partial charge < -0.3 is 15.1 Å². The maximum absolute atomic E-state index is 13.0. The molecule has 1 aromatic rings. The summed E-state index contributed by atoms with van der Waals surface area (Å²) in [6.45, 7) is 2.01. The first kappa shape index (κ1) is 11.9. The summed E-state index contributed by atoms with van der Waals surface area (Å²) < 4.78 is 13.0. The molecule has 0 saturated heterocycles. The zero-order valence-corrected chi connectivity index (χ0v) is 9.43. The SMILES string of the molecule is CCN(C(=O)O)C1Cc2cc(F)ccc2C1O. The van der Waals surface area contributed by atoms with E-state index in [2.05, 4.69) is 0 Å². The Morgan fingerprint density at radius 2 is 2.29 bits per heavy atom. The van der Waals surface area contributed by atoms with E-state index in [1.54, 1.807) is 6.92 Å². The number of hydrogen-bond donors (Lipinski definition) is 2. The van der Waals surface area contributed by atoms with Crippen LogP contribution in [0, 0.1) is 5.82 Å². The Balaban J connectivity index is 2.30. The predicted octanol–water partition coefficient (Wildman–Crippen LogP) is 1.78. The smallest absolute Gasteiger partial charge is 0.407 e. The summed E-state index contributed by atoms with van der Waals surface area (Å²) in [6.07, 6.45) is -1.58. The molecule has 2 atom stereocenters. The Morgan fingerprint density at radius 1 is 1.59 bits per heavy atom. The number of amides is 1. The monoisotopic (exact) mass is 239 g/mol. The molecular formula is C12H14FNO3. The number of aliphatic hydroxyl groups excluding tert-OH is 1. The summed E-state index contributed by atoms with van der Waals surface area (Å²) in [5, 5.41) is 19.1. The minimum absolute atomic E-state index is 0.299. The van der Waals surface area contributed by atoms with Crippen LogP contribution in [-0.4, -0.2) is 33.8 Å². The summed E-state index contributed by atoms with van der Waals surface area (Å²) in [7, 11) is 0. The Bertz CT molecular complexity index is 449. The standard InChI is InChI=1S/C12H14FNO3/c1-2-14(12(16)17)10-6-7-5-8(13)3-4-9(7)11(10)15/h3-5,10-11,15H,2,6H2,1H3,(H,16,17). The van der Waals surface area contributed by atoms with Crippen molar-refractivity contribution in [1.82, 2.24) is 4.90 Å². The van der Waals surface area contributed by atoms with Crippen molar-refractivity contribution in [3.05, 3.63) is 35.1 Å². The van der Waals surface area contributed by atoms with Crippen LogP contribution in [0.1, 0.15) is 24.2 Å². The Morgan fingerprint density at radius 3 is 2.88 bits per heavy atom. The highest BCUT2D eigenvalue weighted by molar-refractivity contribution is 5.66. The fraction of sp³-hybridized carbons (Fsp3) is 0.417. The second-order valence-corrected chi connectivity index (χ2v) is 4.13. The summed E-state index contributed by atoms with van der Waals surface area (Å²) in [5.41, 5.74) is 1.30. The van der Waals surface area contributed by atoms with Gasteiger partial charge in [0.15, 0.2) is 0 Å². The van der Waals surface area contributed by atoms with E-state index < -0.39 is 18.2 Å².